The van der Waals surface area contributed by atoms with Gasteiger partial charge in [0.1, 0.15) is 11.6 Å². The fourth-order valence-corrected chi connectivity index (χ4v) is 5.80. The van der Waals surface area contributed by atoms with E-state index >= 15 is 0 Å². The molecule has 2 amide bonds. The largest absolute Gasteiger partial charge is 0.493 e. The van der Waals surface area contributed by atoms with Crippen molar-refractivity contribution in [2.24, 2.45) is 11.1 Å². The molecule has 2 N–H and O–H groups in total. The van der Waals surface area contributed by atoms with Crippen LogP contribution < -0.4 is 10.5 Å². The lowest BCUT2D eigenvalue weighted by Crippen LogP contribution is -2.54. The fraction of sp³-hybridized carbons (Fsp3) is 0.481. The van der Waals surface area contributed by atoms with Gasteiger partial charge in [-0.25, -0.2) is 4.39 Å². The molecule has 1 saturated heterocycles. The van der Waals surface area contributed by atoms with Crippen molar-refractivity contribution in [3.05, 3.63) is 64.4 Å². The van der Waals surface area contributed by atoms with E-state index in [0.717, 1.165) is 49.7 Å². The molecule has 2 fully saturated rings. The number of likely N-dealkylation sites (tertiary alicyclic amines) is 1. The molecule has 0 radical (unpaired) electrons. The van der Waals surface area contributed by atoms with Crippen molar-refractivity contribution in [2.45, 2.75) is 57.3 Å². The maximum atomic E-state index is 14.0. The van der Waals surface area contributed by atoms with E-state index < -0.39 is 16.7 Å². The van der Waals surface area contributed by atoms with Gasteiger partial charge in [-0.2, -0.15) is 0 Å². The Hall–Kier alpha value is -2.60. The van der Waals surface area contributed by atoms with E-state index in [4.69, 9.17) is 22.1 Å². The Morgan fingerprint density at radius 3 is 2.44 bits per heavy atom. The van der Waals surface area contributed by atoms with Crippen molar-refractivity contribution in [3.8, 4) is 5.75 Å². The van der Waals surface area contributed by atoms with E-state index in [-0.39, 0.29) is 24.8 Å². The number of amides is 2. The molecule has 1 aliphatic heterocycles. The molecular weight excluding hydrogens is 455 g/mol. The Morgan fingerprint density at radius 2 is 1.79 bits per heavy atom. The topological polar surface area (TPSA) is 72.6 Å². The zero-order valence-electron chi connectivity index (χ0n) is 19.6. The highest BCUT2D eigenvalue weighted by Gasteiger charge is 2.48. The Morgan fingerprint density at radius 1 is 1.09 bits per heavy atom. The molecule has 1 saturated carbocycles. The Kier molecular flexibility index (Phi) is 7.17. The van der Waals surface area contributed by atoms with E-state index in [9.17, 15) is 14.0 Å². The molecule has 182 valence electrons. The first kappa shape index (κ1) is 24.5. The van der Waals surface area contributed by atoms with Gasteiger partial charge in [0.2, 0.25) is 11.8 Å². The van der Waals surface area contributed by atoms with Crippen LogP contribution in [0.15, 0.2) is 42.5 Å². The highest BCUT2D eigenvalue weighted by atomic mass is 35.5. The average Bonchev–Trinajstić information content (AvgIpc) is 3.31. The molecule has 1 aliphatic carbocycles. The number of benzene rings is 2. The van der Waals surface area contributed by atoms with Gasteiger partial charge in [0.25, 0.3) is 0 Å². The molecule has 2 aromatic carbocycles. The van der Waals surface area contributed by atoms with E-state index in [1.54, 1.807) is 24.3 Å². The molecule has 2 aliphatic rings. The maximum Gasteiger partial charge on any atom is 0.233 e. The highest BCUT2D eigenvalue weighted by molar-refractivity contribution is 6.31. The predicted molar refractivity (Wildman–Crippen MR) is 130 cm³/mol. The van der Waals surface area contributed by atoms with Crippen LogP contribution in [0.25, 0.3) is 0 Å². The lowest BCUT2D eigenvalue weighted by molar-refractivity contribution is -0.143. The fourth-order valence-electron chi connectivity index (χ4n) is 5.68. The lowest BCUT2D eigenvalue weighted by atomic mass is 9.74. The van der Waals surface area contributed by atoms with Crippen LogP contribution >= 0.6 is 11.6 Å². The molecule has 1 atom stereocenters. The minimum absolute atomic E-state index is 0.0625. The number of ether oxygens (including phenoxy) is 1. The second-order valence-electron chi connectivity index (χ2n) is 9.97. The first-order chi connectivity index (χ1) is 16.2. The van der Waals surface area contributed by atoms with Gasteiger partial charge in [-0.1, -0.05) is 36.6 Å². The number of nitrogens with two attached hydrogens (primary N) is 1. The second-order valence-corrected chi connectivity index (χ2v) is 10.4. The third-order valence-corrected chi connectivity index (χ3v) is 7.86. The van der Waals surface area contributed by atoms with Gasteiger partial charge in [0.05, 0.1) is 12.0 Å². The third kappa shape index (κ3) is 5.07. The summed E-state index contributed by atoms with van der Waals surface area (Å²) in [5, 5.41) is 0.663. The van der Waals surface area contributed by atoms with Crippen LogP contribution in [0, 0.1) is 18.2 Å². The van der Waals surface area contributed by atoms with Gasteiger partial charge in [0, 0.05) is 29.9 Å². The summed E-state index contributed by atoms with van der Waals surface area (Å²) >= 11 is 6.13. The molecule has 0 bridgehead atoms. The van der Waals surface area contributed by atoms with Crippen LogP contribution in [-0.4, -0.2) is 36.4 Å². The van der Waals surface area contributed by atoms with Gasteiger partial charge in [-0.3, -0.25) is 9.59 Å². The smallest absolute Gasteiger partial charge is 0.233 e. The molecular formula is C27H32ClFN2O3. The van der Waals surface area contributed by atoms with E-state index in [1.807, 2.05) is 17.9 Å². The van der Waals surface area contributed by atoms with Crippen molar-refractivity contribution in [2.75, 3.05) is 19.7 Å². The molecule has 0 unspecified atom stereocenters. The van der Waals surface area contributed by atoms with E-state index in [2.05, 4.69) is 0 Å². The number of rotatable bonds is 7. The number of hydrogen-bond donors (Lipinski definition) is 1. The molecule has 5 nitrogen and oxygen atoms in total. The van der Waals surface area contributed by atoms with Crippen molar-refractivity contribution in [1.29, 1.82) is 0 Å². The Bertz CT molecular complexity index is 1050. The SMILES string of the molecule is Cc1cc(OC[C@]2(CC(N)=O)CCCN(C(=O)C3(c4ccc(F)cc4)CCCC3)C2)ccc1Cl. The van der Waals surface area contributed by atoms with Crippen LogP contribution in [0.3, 0.4) is 0 Å². The van der Waals surface area contributed by atoms with Gasteiger partial charge in [-0.15, -0.1) is 0 Å². The Balaban J connectivity index is 1.57. The normalized spacial score (nSPS) is 21.9. The van der Waals surface area contributed by atoms with Gasteiger partial charge in [-0.05, 0) is 74.1 Å². The van der Waals surface area contributed by atoms with E-state index in [0.29, 0.717) is 23.9 Å². The summed E-state index contributed by atoms with van der Waals surface area (Å²) in [6.07, 6.45) is 5.07. The molecule has 0 aromatic heterocycles. The number of halogens is 2. The highest BCUT2D eigenvalue weighted by Crippen LogP contribution is 2.44. The summed E-state index contributed by atoms with van der Waals surface area (Å²) in [6.45, 7) is 3.23. The van der Waals surface area contributed by atoms with Crippen molar-refractivity contribution in [1.82, 2.24) is 4.90 Å². The number of carbonyl (C=O) groups is 2. The van der Waals surface area contributed by atoms with Crippen LogP contribution in [0.1, 0.15) is 56.1 Å². The molecule has 0 spiro atoms. The standard InChI is InChI=1S/C27H32ClFN2O3/c1-19-15-22(9-10-23(19)28)34-18-26(16-24(30)32)11-4-14-31(17-26)25(33)27(12-2-3-13-27)20-5-7-21(29)8-6-20/h5-10,15H,2-4,11-14,16-18H2,1H3,(H2,30,32)/t26-/m0/s1. The monoisotopic (exact) mass is 486 g/mol. The first-order valence-corrected chi connectivity index (χ1v) is 12.3. The number of carbonyl (C=O) groups excluding carboxylic acids is 2. The number of aryl methyl sites for hydroxylation is 1. The van der Waals surface area contributed by atoms with Crippen LogP contribution in [0.2, 0.25) is 5.02 Å². The molecule has 4 rings (SSSR count). The summed E-state index contributed by atoms with van der Waals surface area (Å²) in [4.78, 5) is 27.9. The summed E-state index contributed by atoms with van der Waals surface area (Å²) in [5.74, 6) is 0.0249. The third-order valence-electron chi connectivity index (χ3n) is 7.44. The number of hydrogen-bond acceptors (Lipinski definition) is 3. The zero-order chi connectivity index (χ0) is 24.3. The van der Waals surface area contributed by atoms with Gasteiger partial charge in [0.15, 0.2) is 0 Å². The molecule has 34 heavy (non-hydrogen) atoms. The first-order valence-electron chi connectivity index (χ1n) is 12.0. The van der Waals surface area contributed by atoms with Crippen molar-refractivity contribution < 1.29 is 18.7 Å². The summed E-state index contributed by atoms with van der Waals surface area (Å²) in [5.41, 5.74) is 6.22. The van der Waals surface area contributed by atoms with Gasteiger partial charge < -0.3 is 15.4 Å². The molecule has 1 heterocycles. The summed E-state index contributed by atoms with van der Waals surface area (Å²) in [7, 11) is 0. The minimum Gasteiger partial charge on any atom is -0.493 e. The van der Waals surface area contributed by atoms with Crippen LogP contribution in [-0.2, 0) is 15.0 Å². The number of nitrogens with zero attached hydrogens (tertiary/aromatic N) is 1. The maximum absolute atomic E-state index is 14.0. The van der Waals surface area contributed by atoms with Crippen molar-refractivity contribution in [3.63, 3.8) is 0 Å². The Labute approximate surface area is 205 Å². The number of piperidine rings is 1. The zero-order valence-corrected chi connectivity index (χ0v) is 20.4. The number of primary amides is 1. The average molecular weight is 487 g/mol. The van der Waals surface area contributed by atoms with Crippen molar-refractivity contribution >= 4 is 23.4 Å². The predicted octanol–water partition coefficient (Wildman–Crippen LogP) is 5.16. The minimum atomic E-state index is -0.641. The lowest BCUT2D eigenvalue weighted by Gasteiger charge is -2.45. The van der Waals surface area contributed by atoms with Gasteiger partial charge >= 0.3 is 0 Å². The van der Waals surface area contributed by atoms with E-state index in [1.165, 1.54) is 12.1 Å². The molecule has 7 heteroatoms. The van der Waals surface area contributed by atoms with Crippen LogP contribution in [0.4, 0.5) is 4.39 Å². The second kappa shape index (κ2) is 9.95. The summed E-state index contributed by atoms with van der Waals surface area (Å²) < 4.78 is 19.7. The quantitative estimate of drug-likeness (QED) is 0.587. The molecule has 2 aromatic rings. The van der Waals surface area contributed by atoms with Crippen LogP contribution in [0.5, 0.6) is 5.75 Å². The summed E-state index contributed by atoms with van der Waals surface area (Å²) in [6, 6.07) is 11.8.